The lowest BCUT2D eigenvalue weighted by atomic mass is 10.1. The van der Waals surface area contributed by atoms with Crippen LogP contribution in [0.2, 0.25) is 0 Å². The number of esters is 1. The van der Waals surface area contributed by atoms with Crippen LogP contribution in [0.15, 0.2) is 60.0 Å². The van der Waals surface area contributed by atoms with Crippen LogP contribution >= 0.6 is 11.3 Å². The third-order valence-electron chi connectivity index (χ3n) is 4.14. The van der Waals surface area contributed by atoms with Gasteiger partial charge < -0.3 is 9.47 Å². The van der Waals surface area contributed by atoms with Crippen molar-refractivity contribution in [1.29, 1.82) is 0 Å². The fourth-order valence-corrected chi connectivity index (χ4v) is 3.27. The molecule has 1 atom stereocenters. The number of anilines is 1. The molecular weight excluding hydrogens is 388 g/mol. The Morgan fingerprint density at radius 2 is 1.83 bits per heavy atom. The van der Waals surface area contributed by atoms with E-state index in [0.717, 1.165) is 17.7 Å². The van der Waals surface area contributed by atoms with Crippen LogP contribution in [0.5, 0.6) is 5.75 Å². The molecule has 2 aromatic carbocycles. The number of carbonyl (C=O) groups is 2. The van der Waals surface area contributed by atoms with E-state index in [-0.39, 0.29) is 0 Å². The predicted octanol–water partition coefficient (Wildman–Crippen LogP) is 4.32. The smallest absolute Gasteiger partial charge is 0.347 e. The molecule has 3 aromatic rings. The summed E-state index contributed by atoms with van der Waals surface area (Å²) in [4.78, 5) is 28.5. The minimum Gasteiger partial charge on any atom is -0.479 e. The number of nitrogens with zero attached hydrogens (tertiary/aromatic N) is 1. The van der Waals surface area contributed by atoms with E-state index >= 15 is 0 Å². The monoisotopic (exact) mass is 410 g/mol. The number of benzene rings is 2. The number of para-hydroxylation sites is 1. The maximum atomic E-state index is 12.1. The van der Waals surface area contributed by atoms with Gasteiger partial charge in [0.25, 0.3) is 5.91 Å². The van der Waals surface area contributed by atoms with Crippen molar-refractivity contribution >= 4 is 28.3 Å². The third kappa shape index (κ3) is 5.89. The molecule has 6 nitrogen and oxygen atoms in total. The quantitative estimate of drug-likeness (QED) is 0.560. The van der Waals surface area contributed by atoms with Gasteiger partial charge >= 0.3 is 5.97 Å². The molecule has 0 aliphatic heterocycles. The molecule has 1 heterocycles. The van der Waals surface area contributed by atoms with Crippen LogP contribution < -0.4 is 10.1 Å². The van der Waals surface area contributed by atoms with E-state index in [1.807, 2.05) is 23.6 Å². The number of amides is 1. The summed E-state index contributed by atoms with van der Waals surface area (Å²) in [6.45, 7) is 3.28. The number of ether oxygens (including phenoxy) is 2. The second kappa shape index (κ2) is 9.84. The van der Waals surface area contributed by atoms with Crippen molar-refractivity contribution in [3.8, 4) is 17.0 Å². The molecular formula is C22H22N2O4S. The van der Waals surface area contributed by atoms with Crippen LogP contribution in [0.4, 0.5) is 5.13 Å². The number of carbonyl (C=O) groups excluding carboxylic acids is 2. The molecule has 0 aliphatic carbocycles. The van der Waals surface area contributed by atoms with E-state index in [1.54, 1.807) is 31.2 Å². The Morgan fingerprint density at radius 3 is 2.52 bits per heavy atom. The first kappa shape index (κ1) is 20.5. The van der Waals surface area contributed by atoms with Crippen molar-refractivity contribution in [2.45, 2.75) is 26.4 Å². The minimum atomic E-state index is -0.817. The molecule has 29 heavy (non-hydrogen) atoms. The number of hydrogen-bond acceptors (Lipinski definition) is 6. The minimum absolute atomic E-state index is 0.401. The number of hydrogen-bond donors (Lipinski definition) is 1. The Hall–Kier alpha value is -3.19. The zero-order chi connectivity index (χ0) is 20.6. The second-order valence-corrected chi connectivity index (χ2v) is 7.18. The molecule has 0 radical (unpaired) electrons. The van der Waals surface area contributed by atoms with Crippen molar-refractivity contribution in [2.24, 2.45) is 0 Å². The standard InChI is InChI=1S/C22H22N2O4S/c1-3-16-9-11-17(12-10-16)19-14-29-22(23-19)24-20(25)13-27-21(26)15(2)28-18-7-5-4-6-8-18/h4-12,14-15H,3,13H2,1-2H3,(H,23,24,25). The van der Waals surface area contributed by atoms with E-state index in [1.165, 1.54) is 16.9 Å². The topological polar surface area (TPSA) is 77.5 Å². The molecule has 0 fully saturated rings. The Bertz CT molecular complexity index is 954. The summed E-state index contributed by atoms with van der Waals surface area (Å²) in [5, 5.41) is 4.98. The molecule has 0 spiro atoms. The van der Waals surface area contributed by atoms with Crippen molar-refractivity contribution in [2.75, 3.05) is 11.9 Å². The van der Waals surface area contributed by atoms with Gasteiger partial charge in [0, 0.05) is 10.9 Å². The molecule has 1 aromatic heterocycles. The van der Waals surface area contributed by atoms with Gasteiger partial charge in [-0.25, -0.2) is 9.78 Å². The van der Waals surface area contributed by atoms with Crippen molar-refractivity contribution in [1.82, 2.24) is 4.98 Å². The molecule has 3 rings (SSSR count). The number of rotatable bonds is 8. The van der Waals surface area contributed by atoms with Crippen molar-refractivity contribution in [3.63, 3.8) is 0 Å². The molecule has 1 N–H and O–H groups in total. The number of aryl methyl sites for hydroxylation is 1. The Labute approximate surface area is 173 Å². The summed E-state index contributed by atoms with van der Waals surface area (Å²) in [6.07, 6.45) is 0.162. The Morgan fingerprint density at radius 1 is 1.10 bits per heavy atom. The maximum absolute atomic E-state index is 12.1. The van der Waals surface area contributed by atoms with E-state index in [9.17, 15) is 9.59 Å². The summed E-state index contributed by atoms with van der Waals surface area (Å²) in [6, 6.07) is 17.1. The molecule has 0 aliphatic rings. The summed E-state index contributed by atoms with van der Waals surface area (Å²) < 4.78 is 10.5. The number of aromatic nitrogens is 1. The lowest BCUT2D eigenvalue weighted by Gasteiger charge is -2.13. The first-order chi connectivity index (χ1) is 14.0. The van der Waals surface area contributed by atoms with Crippen molar-refractivity contribution in [3.05, 3.63) is 65.5 Å². The van der Waals surface area contributed by atoms with Gasteiger partial charge in [-0.2, -0.15) is 0 Å². The van der Waals surface area contributed by atoms with E-state index in [0.29, 0.717) is 10.9 Å². The van der Waals surface area contributed by atoms with E-state index in [2.05, 4.69) is 29.4 Å². The fourth-order valence-electron chi connectivity index (χ4n) is 2.54. The lowest BCUT2D eigenvalue weighted by molar-refractivity contribution is -0.153. The van der Waals surface area contributed by atoms with Gasteiger partial charge in [-0.05, 0) is 31.0 Å². The fraction of sp³-hybridized carbons (Fsp3) is 0.227. The van der Waals surface area contributed by atoms with Gasteiger partial charge in [-0.1, -0.05) is 49.4 Å². The summed E-state index contributed by atoms with van der Waals surface area (Å²) in [7, 11) is 0. The SMILES string of the molecule is CCc1ccc(-c2csc(NC(=O)COC(=O)C(C)Oc3ccccc3)n2)cc1. The highest BCUT2D eigenvalue weighted by Crippen LogP contribution is 2.25. The average molecular weight is 410 g/mol. The highest BCUT2D eigenvalue weighted by molar-refractivity contribution is 7.14. The van der Waals surface area contributed by atoms with Crippen LogP contribution in [0.25, 0.3) is 11.3 Å². The molecule has 0 saturated carbocycles. The summed E-state index contributed by atoms with van der Waals surface area (Å²) in [5.74, 6) is -0.504. The Balaban J connectivity index is 1.48. The molecule has 150 valence electrons. The maximum Gasteiger partial charge on any atom is 0.347 e. The van der Waals surface area contributed by atoms with Crippen LogP contribution in [0.3, 0.4) is 0 Å². The van der Waals surface area contributed by atoms with Crippen molar-refractivity contribution < 1.29 is 19.1 Å². The third-order valence-corrected chi connectivity index (χ3v) is 4.90. The molecule has 0 bridgehead atoms. The zero-order valence-corrected chi connectivity index (χ0v) is 17.1. The van der Waals surface area contributed by atoms with Gasteiger partial charge in [0.1, 0.15) is 5.75 Å². The van der Waals surface area contributed by atoms with Crippen LogP contribution in [0.1, 0.15) is 19.4 Å². The van der Waals surface area contributed by atoms with Gasteiger partial charge in [-0.3, -0.25) is 10.1 Å². The molecule has 1 amide bonds. The molecule has 1 unspecified atom stereocenters. The predicted molar refractivity (Wildman–Crippen MR) is 113 cm³/mol. The van der Waals surface area contributed by atoms with E-state index in [4.69, 9.17) is 9.47 Å². The number of thiazole rings is 1. The summed E-state index contributed by atoms with van der Waals surface area (Å²) >= 11 is 1.32. The van der Waals surface area contributed by atoms with Crippen LogP contribution in [-0.2, 0) is 20.7 Å². The number of nitrogens with one attached hydrogen (secondary N) is 1. The largest absolute Gasteiger partial charge is 0.479 e. The highest BCUT2D eigenvalue weighted by Gasteiger charge is 2.18. The normalized spacial score (nSPS) is 11.5. The first-order valence-corrected chi connectivity index (χ1v) is 10.2. The second-order valence-electron chi connectivity index (χ2n) is 6.32. The molecule has 0 saturated heterocycles. The zero-order valence-electron chi connectivity index (χ0n) is 16.3. The van der Waals surface area contributed by atoms with Crippen LogP contribution in [-0.4, -0.2) is 29.6 Å². The lowest BCUT2D eigenvalue weighted by Crippen LogP contribution is -2.29. The van der Waals surface area contributed by atoms with Gasteiger partial charge in [0.05, 0.1) is 5.69 Å². The van der Waals surface area contributed by atoms with Gasteiger partial charge in [0.2, 0.25) is 0 Å². The van der Waals surface area contributed by atoms with Crippen LogP contribution in [0, 0.1) is 0 Å². The van der Waals surface area contributed by atoms with Gasteiger partial charge in [0.15, 0.2) is 17.8 Å². The first-order valence-electron chi connectivity index (χ1n) is 9.28. The van der Waals surface area contributed by atoms with Gasteiger partial charge in [-0.15, -0.1) is 11.3 Å². The average Bonchev–Trinajstić information content (AvgIpc) is 3.21. The Kier molecular flexibility index (Phi) is 6.97. The van der Waals surface area contributed by atoms with E-state index < -0.39 is 24.6 Å². The summed E-state index contributed by atoms with van der Waals surface area (Å²) in [5.41, 5.74) is 3.02. The molecule has 7 heteroatoms. The highest BCUT2D eigenvalue weighted by atomic mass is 32.1.